The van der Waals surface area contributed by atoms with Crippen LogP contribution in [0, 0.1) is 5.41 Å². The van der Waals surface area contributed by atoms with E-state index in [2.05, 4.69) is 34.3 Å². The van der Waals surface area contributed by atoms with Crippen LogP contribution in [-0.2, 0) is 20.0 Å². The molecule has 1 aromatic carbocycles. The lowest BCUT2D eigenvalue weighted by Gasteiger charge is -2.29. The molecule has 0 radical (unpaired) electrons. The van der Waals surface area contributed by atoms with Crippen LogP contribution in [0.5, 0.6) is 0 Å². The molecule has 1 unspecified atom stereocenters. The van der Waals surface area contributed by atoms with E-state index in [9.17, 15) is 4.79 Å². The molecule has 144 valence electrons. The Kier molecular flexibility index (Phi) is 5.04. The van der Waals surface area contributed by atoms with Gasteiger partial charge in [-0.05, 0) is 61.9 Å². The van der Waals surface area contributed by atoms with Crippen molar-refractivity contribution in [2.24, 2.45) is 12.5 Å². The standard InChI is InChI=1S/C22H30N4O/c1-3-4-17-5-7-18(8-6-17)21(27)26(16-20-24-13-14-25(20)2)19-15-22(19)9-11-23-12-10-22/h5-8,13-14,19,23H,3-4,9-12,15-16H2,1-2H3. The molecular weight excluding hydrogens is 336 g/mol. The summed E-state index contributed by atoms with van der Waals surface area (Å²) in [5, 5.41) is 3.45. The largest absolute Gasteiger partial charge is 0.337 e. The van der Waals surface area contributed by atoms with Crippen LogP contribution in [0.4, 0.5) is 0 Å². The first kappa shape index (κ1) is 18.2. The van der Waals surface area contributed by atoms with E-state index < -0.39 is 0 Å². The number of aryl methyl sites for hydroxylation is 2. The summed E-state index contributed by atoms with van der Waals surface area (Å²) in [6.45, 7) is 4.89. The fourth-order valence-corrected chi connectivity index (χ4v) is 4.52. The molecule has 1 atom stereocenters. The fraction of sp³-hybridized carbons (Fsp3) is 0.545. The van der Waals surface area contributed by atoms with Crippen molar-refractivity contribution >= 4 is 5.91 Å². The van der Waals surface area contributed by atoms with Gasteiger partial charge in [0.15, 0.2) is 0 Å². The summed E-state index contributed by atoms with van der Waals surface area (Å²) in [7, 11) is 2.00. The molecule has 1 saturated carbocycles. The van der Waals surface area contributed by atoms with Gasteiger partial charge in [0.05, 0.1) is 6.54 Å². The number of nitrogens with zero attached hydrogens (tertiary/aromatic N) is 3. The van der Waals surface area contributed by atoms with E-state index in [4.69, 9.17) is 0 Å². The smallest absolute Gasteiger partial charge is 0.254 e. The Balaban J connectivity index is 1.57. The third-order valence-electron chi connectivity index (χ3n) is 6.36. The molecule has 0 bridgehead atoms. The second-order valence-electron chi connectivity index (χ2n) is 8.17. The van der Waals surface area contributed by atoms with Crippen molar-refractivity contribution in [3.63, 3.8) is 0 Å². The Morgan fingerprint density at radius 2 is 2.04 bits per heavy atom. The highest BCUT2D eigenvalue weighted by Gasteiger charge is 2.57. The van der Waals surface area contributed by atoms with Crippen LogP contribution in [0.25, 0.3) is 0 Å². The number of carbonyl (C=O) groups is 1. The quantitative estimate of drug-likeness (QED) is 0.854. The summed E-state index contributed by atoms with van der Waals surface area (Å²) in [6, 6.07) is 8.53. The van der Waals surface area contributed by atoms with Crippen LogP contribution >= 0.6 is 0 Å². The van der Waals surface area contributed by atoms with E-state index in [0.717, 1.165) is 56.6 Å². The van der Waals surface area contributed by atoms with Crippen molar-refractivity contribution < 1.29 is 4.79 Å². The highest BCUT2D eigenvalue weighted by atomic mass is 16.2. The van der Waals surface area contributed by atoms with E-state index in [0.29, 0.717) is 18.0 Å². The minimum Gasteiger partial charge on any atom is -0.337 e. The van der Waals surface area contributed by atoms with Crippen molar-refractivity contribution in [3.8, 4) is 0 Å². The van der Waals surface area contributed by atoms with E-state index in [1.54, 1.807) is 0 Å². The summed E-state index contributed by atoms with van der Waals surface area (Å²) in [4.78, 5) is 20.0. The Morgan fingerprint density at radius 3 is 2.67 bits per heavy atom. The van der Waals surface area contributed by atoms with E-state index in [-0.39, 0.29) is 5.91 Å². The second-order valence-corrected chi connectivity index (χ2v) is 8.17. The average molecular weight is 367 g/mol. The maximum atomic E-state index is 13.4. The van der Waals surface area contributed by atoms with Crippen molar-refractivity contribution in [3.05, 3.63) is 53.6 Å². The van der Waals surface area contributed by atoms with Crippen molar-refractivity contribution in [1.82, 2.24) is 19.8 Å². The molecule has 2 aliphatic rings. The molecule has 1 spiro atoms. The maximum absolute atomic E-state index is 13.4. The van der Waals surface area contributed by atoms with Crippen molar-refractivity contribution in [2.75, 3.05) is 13.1 Å². The summed E-state index contributed by atoms with van der Waals surface area (Å²) in [5.74, 6) is 1.09. The fourth-order valence-electron chi connectivity index (χ4n) is 4.52. The molecule has 2 heterocycles. The van der Waals surface area contributed by atoms with Crippen LogP contribution in [0.15, 0.2) is 36.7 Å². The lowest BCUT2D eigenvalue weighted by molar-refractivity contribution is 0.0685. The first-order valence-electron chi connectivity index (χ1n) is 10.2. The topological polar surface area (TPSA) is 50.2 Å². The predicted molar refractivity (Wildman–Crippen MR) is 106 cm³/mol. The molecule has 1 N–H and O–H groups in total. The normalized spacial score (nSPS) is 20.6. The van der Waals surface area contributed by atoms with Crippen LogP contribution in [0.2, 0.25) is 0 Å². The SMILES string of the molecule is CCCc1ccc(C(=O)N(Cc2nccn2C)C2CC23CCNCC3)cc1. The molecule has 1 aliphatic carbocycles. The number of aromatic nitrogens is 2. The van der Waals surface area contributed by atoms with Crippen LogP contribution in [0.1, 0.15) is 54.4 Å². The lowest BCUT2D eigenvalue weighted by Crippen LogP contribution is -2.39. The number of hydrogen-bond acceptors (Lipinski definition) is 3. The average Bonchev–Trinajstić information content (AvgIpc) is 3.20. The summed E-state index contributed by atoms with van der Waals surface area (Å²) >= 11 is 0. The number of benzene rings is 1. The minimum atomic E-state index is 0.140. The maximum Gasteiger partial charge on any atom is 0.254 e. The number of carbonyl (C=O) groups excluding carboxylic acids is 1. The van der Waals surface area contributed by atoms with Gasteiger partial charge in [-0.25, -0.2) is 4.98 Å². The van der Waals surface area contributed by atoms with Gasteiger partial charge in [0, 0.05) is 31.0 Å². The minimum absolute atomic E-state index is 0.140. The molecule has 1 aromatic heterocycles. The Hall–Kier alpha value is -2.14. The van der Waals surface area contributed by atoms with Gasteiger partial charge in [-0.1, -0.05) is 25.5 Å². The molecule has 4 rings (SSSR count). The number of piperidine rings is 1. The highest BCUT2D eigenvalue weighted by molar-refractivity contribution is 5.94. The van der Waals surface area contributed by atoms with Gasteiger partial charge in [0.1, 0.15) is 5.82 Å². The third kappa shape index (κ3) is 3.65. The summed E-state index contributed by atoms with van der Waals surface area (Å²) < 4.78 is 2.02. The molecule has 5 heteroatoms. The van der Waals surface area contributed by atoms with E-state index >= 15 is 0 Å². The van der Waals surface area contributed by atoms with E-state index in [1.807, 2.05) is 36.1 Å². The van der Waals surface area contributed by atoms with Crippen molar-refractivity contribution in [1.29, 1.82) is 0 Å². The van der Waals surface area contributed by atoms with Crippen LogP contribution < -0.4 is 5.32 Å². The van der Waals surface area contributed by atoms with Gasteiger partial charge in [-0.3, -0.25) is 4.79 Å². The number of nitrogens with one attached hydrogen (secondary N) is 1. The Labute approximate surface area is 161 Å². The van der Waals surface area contributed by atoms with Crippen LogP contribution in [-0.4, -0.2) is 39.5 Å². The van der Waals surface area contributed by atoms with Gasteiger partial charge in [-0.2, -0.15) is 0 Å². The zero-order valence-electron chi connectivity index (χ0n) is 16.4. The molecule has 1 amide bonds. The monoisotopic (exact) mass is 366 g/mol. The van der Waals surface area contributed by atoms with Crippen molar-refractivity contribution in [2.45, 2.75) is 51.6 Å². The number of rotatable bonds is 6. The Morgan fingerprint density at radius 1 is 1.30 bits per heavy atom. The summed E-state index contributed by atoms with van der Waals surface area (Å²) in [5.41, 5.74) is 2.40. The summed E-state index contributed by atoms with van der Waals surface area (Å²) in [6.07, 6.45) is 9.39. The third-order valence-corrected chi connectivity index (χ3v) is 6.36. The van der Waals surface area contributed by atoms with E-state index in [1.165, 1.54) is 5.56 Å². The molecule has 1 aliphatic heterocycles. The van der Waals surface area contributed by atoms with Gasteiger partial charge in [0.2, 0.25) is 0 Å². The number of hydrogen-bond donors (Lipinski definition) is 1. The first-order valence-corrected chi connectivity index (χ1v) is 10.2. The Bertz CT molecular complexity index is 789. The molecule has 27 heavy (non-hydrogen) atoms. The predicted octanol–water partition coefficient (Wildman–Crippen LogP) is 3.16. The van der Waals surface area contributed by atoms with Crippen LogP contribution in [0.3, 0.4) is 0 Å². The molecule has 1 saturated heterocycles. The van der Waals surface area contributed by atoms with Gasteiger partial charge >= 0.3 is 0 Å². The zero-order valence-corrected chi connectivity index (χ0v) is 16.4. The zero-order chi connectivity index (χ0) is 18.9. The van der Waals surface area contributed by atoms with Gasteiger partial charge in [-0.15, -0.1) is 0 Å². The lowest BCUT2D eigenvalue weighted by atomic mass is 9.93. The second kappa shape index (κ2) is 7.47. The van der Waals surface area contributed by atoms with Gasteiger partial charge < -0.3 is 14.8 Å². The molecular formula is C22H30N4O. The number of amides is 1. The molecule has 2 aromatic rings. The molecule has 5 nitrogen and oxygen atoms in total. The van der Waals surface area contributed by atoms with Gasteiger partial charge in [0.25, 0.3) is 5.91 Å². The highest BCUT2D eigenvalue weighted by Crippen LogP contribution is 2.56. The first-order chi connectivity index (χ1) is 13.1. The molecule has 2 fully saturated rings. The number of imidazole rings is 1.